The van der Waals surface area contributed by atoms with E-state index in [0.29, 0.717) is 6.54 Å². The fourth-order valence-corrected chi connectivity index (χ4v) is 2.99. The van der Waals surface area contributed by atoms with Crippen LogP contribution in [0.3, 0.4) is 0 Å². The van der Waals surface area contributed by atoms with Crippen molar-refractivity contribution in [3.8, 4) is 6.19 Å². The van der Waals surface area contributed by atoms with E-state index in [1.807, 2.05) is 24.3 Å². The van der Waals surface area contributed by atoms with Crippen molar-refractivity contribution < 1.29 is 9.18 Å². The maximum absolute atomic E-state index is 13.6. The quantitative estimate of drug-likeness (QED) is 0.633. The number of aromatic nitrogens is 1. The number of Topliss-reactive ketones (excluding diaryl/α,β-unsaturated/α-hetero) is 1. The number of halogens is 1. The van der Waals surface area contributed by atoms with Crippen LogP contribution in [0.5, 0.6) is 0 Å². The smallest absolute Gasteiger partial charge is 0.179 e. The lowest BCUT2D eigenvalue weighted by molar-refractivity contribution is 0.0989. The lowest BCUT2D eigenvalue weighted by Crippen LogP contribution is -2.26. The van der Waals surface area contributed by atoms with E-state index in [4.69, 9.17) is 5.26 Å². The van der Waals surface area contributed by atoms with Gasteiger partial charge in [-0.05, 0) is 36.1 Å². The minimum absolute atomic E-state index is 0.0644. The number of rotatable bonds is 4. The van der Waals surface area contributed by atoms with Crippen LogP contribution in [0.2, 0.25) is 0 Å². The third-order valence-electron chi connectivity index (χ3n) is 4.50. The fraction of sp³-hybridized carbons (Fsp3) is 0.250. The normalized spacial score (nSPS) is 14.4. The Hall–Kier alpha value is -3.00. The Balaban J connectivity index is 1.76. The van der Waals surface area contributed by atoms with Gasteiger partial charge in [0, 0.05) is 19.2 Å². The summed E-state index contributed by atoms with van der Waals surface area (Å²) >= 11 is 0. The molecule has 0 atom stereocenters. The molecule has 0 spiro atoms. The van der Waals surface area contributed by atoms with Gasteiger partial charge in [-0.15, -0.1) is 0 Å². The van der Waals surface area contributed by atoms with Gasteiger partial charge in [-0.3, -0.25) is 9.78 Å². The van der Waals surface area contributed by atoms with Gasteiger partial charge in [-0.25, -0.2) is 4.39 Å². The minimum atomic E-state index is -0.594. The lowest BCUT2D eigenvalue weighted by atomic mass is 9.93. The molecule has 3 rings (SSSR count). The molecule has 1 aliphatic heterocycles. The van der Waals surface area contributed by atoms with Crippen LogP contribution in [-0.4, -0.2) is 28.8 Å². The van der Waals surface area contributed by atoms with E-state index in [-0.39, 0.29) is 17.8 Å². The van der Waals surface area contributed by atoms with E-state index in [1.54, 1.807) is 4.90 Å². The molecule has 0 fully saturated rings. The molecule has 0 bridgehead atoms. The molecule has 1 aromatic heterocycles. The minimum Gasteiger partial charge on any atom is -0.306 e. The van der Waals surface area contributed by atoms with Gasteiger partial charge in [0.2, 0.25) is 0 Å². The Bertz CT molecular complexity index is 865. The molecule has 0 saturated carbocycles. The van der Waals surface area contributed by atoms with Gasteiger partial charge in [-0.1, -0.05) is 29.8 Å². The maximum Gasteiger partial charge on any atom is 0.179 e. The molecular formula is C20H18FN3O. The van der Waals surface area contributed by atoms with Gasteiger partial charge < -0.3 is 4.90 Å². The SMILES string of the molecule is CC1=C(c2ccc(CC(=O)c3ccncc3F)cc2)CN(C#N)CC1. The average molecular weight is 335 g/mol. The second kappa shape index (κ2) is 7.27. The predicted octanol–water partition coefficient (Wildman–Crippen LogP) is 3.61. The fourth-order valence-electron chi connectivity index (χ4n) is 2.99. The van der Waals surface area contributed by atoms with Crippen molar-refractivity contribution in [2.75, 3.05) is 13.1 Å². The summed E-state index contributed by atoms with van der Waals surface area (Å²) in [4.78, 5) is 17.6. The van der Waals surface area contributed by atoms with Crippen LogP contribution in [0.15, 0.2) is 48.3 Å². The summed E-state index contributed by atoms with van der Waals surface area (Å²) in [5, 5.41) is 9.10. The van der Waals surface area contributed by atoms with E-state index in [1.165, 1.54) is 17.8 Å². The van der Waals surface area contributed by atoms with Crippen LogP contribution < -0.4 is 0 Å². The van der Waals surface area contributed by atoms with Crippen molar-refractivity contribution in [3.63, 3.8) is 0 Å². The zero-order valence-electron chi connectivity index (χ0n) is 14.0. The van der Waals surface area contributed by atoms with E-state index in [0.717, 1.165) is 35.9 Å². The monoisotopic (exact) mass is 335 g/mol. The first-order valence-corrected chi connectivity index (χ1v) is 8.14. The van der Waals surface area contributed by atoms with E-state index >= 15 is 0 Å². The van der Waals surface area contributed by atoms with Crippen molar-refractivity contribution in [2.45, 2.75) is 19.8 Å². The first-order chi connectivity index (χ1) is 12.1. The molecule has 0 amide bonds. The molecule has 4 nitrogen and oxygen atoms in total. The summed E-state index contributed by atoms with van der Waals surface area (Å²) in [6.45, 7) is 3.46. The molecule has 25 heavy (non-hydrogen) atoms. The number of carbonyl (C=O) groups is 1. The Morgan fingerprint density at radius 3 is 2.76 bits per heavy atom. The Labute approximate surface area is 146 Å². The molecule has 0 N–H and O–H groups in total. The van der Waals surface area contributed by atoms with Crippen molar-refractivity contribution >= 4 is 11.4 Å². The molecular weight excluding hydrogens is 317 g/mol. The van der Waals surface area contributed by atoms with Crippen LogP contribution in [0.4, 0.5) is 4.39 Å². The topological polar surface area (TPSA) is 57.0 Å². The Morgan fingerprint density at radius 1 is 1.32 bits per heavy atom. The molecule has 1 aliphatic rings. The number of nitriles is 1. The summed E-state index contributed by atoms with van der Waals surface area (Å²) in [5.41, 5.74) is 4.40. The molecule has 0 saturated heterocycles. The summed E-state index contributed by atoms with van der Waals surface area (Å²) in [7, 11) is 0. The summed E-state index contributed by atoms with van der Waals surface area (Å²) < 4.78 is 13.6. The second-order valence-electron chi connectivity index (χ2n) is 6.18. The van der Waals surface area contributed by atoms with Gasteiger partial charge in [0.05, 0.1) is 18.3 Å². The number of hydrogen-bond acceptors (Lipinski definition) is 4. The van der Waals surface area contributed by atoms with Crippen LogP contribution in [0.1, 0.15) is 34.8 Å². The standard InChI is InChI=1S/C20H18FN3O/c1-14-7-9-24(13-22)12-18(14)16-4-2-15(3-5-16)10-20(25)17-6-8-23-11-19(17)21/h2-6,8,11H,7,9-10,12H2,1H3. The van der Waals surface area contributed by atoms with Gasteiger partial charge >= 0.3 is 0 Å². The highest BCUT2D eigenvalue weighted by Gasteiger charge is 2.17. The van der Waals surface area contributed by atoms with Gasteiger partial charge in [0.15, 0.2) is 17.8 Å². The maximum atomic E-state index is 13.6. The largest absolute Gasteiger partial charge is 0.306 e. The van der Waals surface area contributed by atoms with E-state index in [2.05, 4.69) is 18.1 Å². The van der Waals surface area contributed by atoms with Crippen molar-refractivity contribution in [3.05, 3.63) is 70.8 Å². The molecule has 2 aromatic rings. The van der Waals surface area contributed by atoms with Crippen molar-refractivity contribution in [1.29, 1.82) is 5.26 Å². The average Bonchev–Trinajstić information content (AvgIpc) is 2.63. The second-order valence-corrected chi connectivity index (χ2v) is 6.18. The first kappa shape index (κ1) is 16.8. The molecule has 5 heteroatoms. The molecule has 0 radical (unpaired) electrons. The number of pyridine rings is 1. The van der Waals surface area contributed by atoms with Crippen LogP contribution in [-0.2, 0) is 6.42 Å². The Kier molecular flexibility index (Phi) is 4.90. The zero-order chi connectivity index (χ0) is 17.8. The van der Waals surface area contributed by atoms with Gasteiger partial charge in [-0.2, -0.15) is 5.26 Å². The number of benzene rings is 1. The van der Waals surface area contributed by atoms with E-state index in [9.17, 15) is 9.18 Å². The molecule has 1 aromatic carbocycles. The number of nitrogens with zero attached hydrogens (tertiary/aromatic N) is 3. The van der Waals surface area contributed by atoms with Crippen molar-refractivity contribution in [2.24, 2.45) is 0 Å². The van der Waals surface area contributed by atoms with Crippen LogP contribution in [0, 0.1) is 17.3 Å². The van der Waals surface area contributed by atoms with Crippen LogP contribution >= 0.6 is 0 Å². The lowest BCUT2D eigenvalue weighted by Gasteiger charge is -2.25. The Morgan fingerprint density at radius 2 is 2.08 bits per heavy atom. The third-order valence-corrected chi connectivity index (χ3v) is 4.50. The zero-order valence-corrected chi connectivity index (χ0v) is 14.0. The highest BCUT2D eigenvalue weighted by molar-refractivity contribution is 5.97. The molecule has 0 aliphatic carbocycles. The van der Waals surface area contributed by atoms with Crippen molar-refractivity contribution in [1.82, 2.24) is 9.88 Å². The van der Waals surface area contributed by atoms with Gasteiger partial charge in [0.25, 0.3) is 0 Å². The number of ketones is 1. The van der Waals surface area contributed by atoms with Gasteiger partial charge in [0.1, 0.15) is 0 Å². The highest BCUT2D eigenvalue weighted by Crippen LogP contribution is 2.26. The molecule has 126 valence electrons. The third kappa shape index (κ3) is 3.74. The summed E-state index contributed by atoms with van der Waals surface area (Å²) in [5.74, 6) is -0.861. The van der Waals surface area contributed by atoms with Crippen LogP contribution in [0.25, 0.3) is 5.57 Å². The highest BCUT2D eigenvalue weighted by atomic mass is 19.1. The number of hydrogen-bond donors (Lipinski definition) is 0. The molecule has 2 heterocycles. The summed E-state index contributed by atoms with van der Waals surface area (Å²) in [6, 6.07) is 9.10. The first-order valence-electron chi connectivity index (χ1n) is 8.14. The van der Waals surface area contributed by atoms with E-state index < -0.39 is 5.82 Å². The number of carbonyl (C=O) groups excluding carboxylic acids is 1. The predicted molar refractivity (Wildman–Crippen MR) is 93.1 cm³/mol. The molecule has 0 unspecified atom stereocenters. The summed E-state index contributed by atoms with van der Waals surface area (Å²) in [6.07, 6.45) is 5.69.